The van der Waals surface area contributed by atoms with E-state index in [2.05, 4.69) is 39.5 Å². The Kier molecular flexibility index (Phi) is 47.0. The quantitative estimate of drug-likeness (QED) is 0.0451. The zero-order valence-corrected chi connectivity index (χ0v) is 41.1. The van der Waals surface area contributed by atoms with Crippen LogP contribution in [0.2, 0.25) is 0 Å². The summed E-state index contributed by atoms with van der Waals surface area (Å²) in [5, 5.41) is 0. The van der Waals surface area contributed by atoms with Gasteiger partial charge in [0.05, 0.1) is 13.2 Å². The molecule has 0 radical (unpaired) electrons. The molecule has 0 fully saturated rings. The molecule has 59 heavy (non-hydrogen) atoms. The molecular formula is C54H107NO4. The summed E-state index contributed by atoms with van der Waals surface area (Å²) in [5.41, 5.74) is 0. The molecular weight excluding hydrogens is 727 g/mol. The van der Waals surface area contributed by atoms with Crippen molar-refractivity contribution in [3.8, 4) is 0 Å². The molecule has 0 bridgehead atoms. The van der Waals surface area contributed by atoms with E-state index < -0.39 is 0 Å². The van der Waals surface area contributed by atoms with Gasteiger partial charge in [-0.2, -0.15) is 0 Å². The van der Waals surface area contributed by atoms with Crippen LogP contribution in [0.25, 0.3) is 0 Å². The van der Waals surface area contributed by atoms with Crippen LogP contribution in [0.4, 0.5) is 0 Å². The van der Waals surface area contributed by atoms with Crippen molar-refractivity contribution in [3.05, 3.63) is 0 Å². The van der Waals surface area contributed by atoms with E-state index in [1.165, 1.54) is 205 Å². The highest BCUT2D eigenvalue weighted by Crippen LogP contribution is 2.22. The second-order valence-electron chi connectivity index (χ2n) is 18.8. The number of esters is 2. The van der Waals surface area contributed by atoms with Gasteiger partial charge in [-0.1, -0.05) is 227 Å². The van der Waals surface area contributed by atoms with E-state index in [0.29, 0.717) is 37.9 Å². The van der Waals surface area contributed by atoms with Crippen LogP contribution in [-0.4, -0.2) is 49.7 Å². The molecule has 0 aromatic heterocycles. The minimum Gasteiger partial charge on any atom is -0.465 e. The Balaban J connectivity index is 4.26. The van der Waals surface area contributed by atoms with Crippen LogP contribution >= 0.6 is 0 Å². The first-order valence-electron chi connectivity index (χ1n) is 27.0. The second kappa shape index (κ2) is 47.9. The van der Waals surface area contributed by atoms with Crippen LogP contribution < -0.4 is 0 Å². The molecule has 0 rings (SSSR count). The molecule has 352 valence electrons. The van der Waals surface area contributed by atoms with Gasteiger partial charge >= 0.3 is 11.9 Å². The molecule has 0 aromatic carbocycles. The van der Waals surface area contributed by atoms with E-state index in [4.69, 9.17) is 9.47 Å². The van der Waals surface area contributed by atoms with Gasteiger partial charge in [-0.25, -0.2) is 0 Å². The molecule has 0 aromatic rings. The highest BCUT2D eigenvalue weighted by Gasteiger charge is 2.14. The first-order chi connectivity index (χ1) is 29.0. The predicted molar refractivity (Wildman–Crippen MR) is 258 cm³/mol. The lowest BCUT2D eigenvalue weighted by atomic mass is 9.94. The maximum atomic E-state index is 12.7. The van der Waals surface area contributed by atoms with Gasteiger partial charge in [0.1, 0.15) is 0 Å². The van der Waals surface area contributed by atoms with Crippen molar-refractivity contribution in [1.29, 1.82) is 0 Å². The number of carbonyl (C=O) groups is 2. The van der Waals surface area contributed by atoms with Crippen molar-refractivity contribution < 1.29 is 19.1 Å². The fourth-order valence-electron chi connectivity index (χ4n) is 8.74. The van der Waals surface area contributed by atoms with Crippen molar-refractivity contribution in [2.24, 2.45) is 11.8 Å². The standard InChI is InChI=1S/C54H107NO4/c1-6-11-15-19-23-25-29-35-43-51(41-33-27-21-17-13-8-3)49-58-53(56)45-37-31-39-47-55(10-5)48-40-32-38-46-54(57)59-50-52(42-34-28-22-18-14-9-4)44-36-30-26-24-20-16-12-7-2/h51-52H,6-50H2,1-5H3. The molecule has 2 unspecified atom stereocenters. The van der Waals surface area contributed by atoms with Crippen molar-refractivity contribution in [1.82, 2.24) is 4.90 Å². The molecule has 0 aliphatic carbocycles. The zero-order chi connectivity index (χ0) is 43.1. The third kappa shape index (κ3) is 43.3. The number of unbranched alkanes of at least 4 members (excludes halogenated alkanes) is 28. The highest BCUT2D eigenvalue weighted by molar-refractivity contribution is 5.69. The van der Waals surface area contributed by atoms with Crippen LogP contribution in [0.5, 0.6) is 0 Å². The van der Waals surface area contributed by atoms with E-state index in [1.54, 1.807) is 0 Å². The van der Waals surface area contributed by atoms with Crippen LogP contribution in [0.1, 0.15) is 291 Å². The minimum atomic E-state index is 0.0107. The van der Waals surface area contributed by atoms with Crippen molar-refractivity contribution >= 4 is 11.9 Å². The van der Waals surface area contributed by atoms with Crippen molar-refractivity contribution in [2.45, 2.75) is 291 Å². The largest absolute Gasteiger partial charge is 0.465 e. The van der Waals surface area contributed by atoms with Crippen molar-refractivity contribution in [3.63, 3.8) is 0 Å². The molecule has 0 saturated heterocycles. The fraction of sp³-hybridized carbons (Fsp3) is 0.963. The fourth-order valence-corrected chi connectivity index (χ4v) is 8.74. The van der Waals surface area contributed by atoms with E-state index in [9.17, 15) is 9.59 Å². The Bertz CT molecular complexity index is 782. The first kappa shape index (κ1) is 57.9. The lowest BCUT2D eigenvalue weighted by Gasteiger charge is -2.20. The van der Waals surface area contributed by atoms with Gasteiger partial charge < -0.3 is 14.4 Å². The number of rotatable bonds is 49. The Labute approximate surface area is 370 Å². The first-order valence-corrected chi connectivity index (χ1v) is 27.0. The van der Waals surface area contributed by atoms with E-state index in [-0.39, 0.29) is 11.9 Å². The van der Waals surface area contributed by atoms with Crippen LogP contribution in [0, 0.1) is 11.8 Å². The van der Waals surface area contributed by atoms with Gasteiger partial charge in [-0.3, -0.25) is 9.59 Å². The average Bonchev–Trinajstić information content (AvgIpc) is 3.24. The molecule has 5 heteroatoms. The Morgan fingerprint density at radius 3 is 0.864 bits per heavy atom. The molecule has 0 aliphatic heterocycles. The van der Waals surface area contributed by atoms with Gasteiger partial charge in [-0.15, -0.1) is 0 Å². The van der Waals surface area contributed by atoms with E-state index in [0.717, 1.165) is 58.2 Å². The lowest BCUT2D eigenvalue weighted by Crippen LogP contribution is -2.25. The molecule has 0 heterocycles. The summed E-state index contributed by atoms with van der Waals surface area (Å²) in [6.45, 7) is 15.9. The number of hydrogen-bond donors (Lipinski definition) is 0. The average molecular weight is 834 g/mol. The second-order valence-corrected chi connectivity index (χ2v) is 18.8. The third-order valence-electron chi connectivity index (χ3n) is 13.0. The van der Waals surface area contributed by atoms with Crippen LogP contribution in [-0.2, 0) is 19.1 Å². The van der Waals surface area contributed by atoms with Gasteiger partial charge in [0, 0.05) is 12.8 Å². The van der Waals surface area contributed by atoms with Crippen LogP contribution in [0.3, 0.4) is 0 Å². The maximum absolute atomic E-state index is 12.7. The molecule has 2 atom stereocenters. The number of carbonyl (C=O) groups excluding carboxylic acids is 2. The Hall–Kier alpha value is -1.10. The van der Waals surface area contributed by atoms with Crippen LogP contribution in [0.15, 0.2) is 0 Å². The normalized spacial score (nSPS) is 12.6. The monoisotopic (exact) mass is 834 g/mol. The van der Waals surface area contributed by atoms with Gasteiger partial charge in [0.15, 0.2) is 0 Å². The molecule has 0 spiro atoms. The lowest BCUT2D eigenvalue weighted by molar-refractivity contribution is -0.146. The summed E-state index contributed by atoms with van der Waals surface area (Å²) in [7, 11) is 0. The molecule has 5 nitrogen and oxygen atoms in total. The predicted octanol–water partition coefficient (Wildman–Crippen LogP) is 17.3. The van der Waals surface area contributed by atoms with Gasteiger partial charge in [-0.05, 0) is 82.8 Å². The molecule has 0 aliphatic rings. The summed E-state index contributed by atoms with van der Waals surface area (Å²) in [6, 6.07) is 0. The number of nitrogens with zero attached hydrogens (tertiary/aromatic N) is 1. The van der Waals surface area contributed by atoms with E-state index >= 15 is 0 Å². The zero-order valence-electron chi connectivity index (χ0n) is 41.1. The van der Waals surface area contributed by atoms with Gasteiger partial charge in [0.2, 0.25) is 0 Å². The maximum Gasteiger partial charge on any atom is 0.305 e. The van der Waals surface area contributed by atoms with Crippen molar-refractivity contribution in [2.75, 3.05) is 32.8 Å². The number of ether oxygens (including phenoxy) is 2. The number of hydrogen-bond acceptors (Lipinski definition) is 5. The summed E-state index contributed by atoms with van der Waals surface area (Å²) in [6.07, 6.45) is 49.9. The SMILES string of the molecule is CCCCCCCCCCC(CCCCCCCC)COC(=O)CCCCCN(CC)CCCCCC(=O)OCC(CCCCCCCC)CCCCCCCCCC. The summed E-state index contributed by atoms with van der Waals surface area (Å²) < 4.78 is 11.8. The topological polar surface area (TPSA) is 55.8 Å². The van der Waals surface area contributed by atoms with Gasteiger partial charge in [0.25, 0.3) is 0 Å². The smallest absolute Gasteiger partial charge is 0.305 e. The minimum absolute atomic E-state index is 0.0107. The molecule has 0 amide bonds. The third-order valence-corrected chi connectivity index (χ3v) is 13.0. The Morgan fingerprint density at radius 1 is 0.339 bits per heavy atom. The highest BCUT2D eigenvalue weighted by atomic mass is 16.5. The van der Waals surface area contributed by atoms with E-state index in [1.807, 2.05) is 0 Å². The summed E-state index contributed by atoms with van der Waals surface area (Å²) in [4.78, 5) is 27.9. The Morgan fingerprint density at radius 2 is 0.593 bits per heavy atom. The molecule has 0 saturated carbocycles. The summed E-state index contributed by atoms with van der Waals surface area (Å²) >= 11 is 0. The summed E-state index contributed by atoms with van der Waals surface area (Å²) in [5.74, 6) is 1.10. The molecule has 0 N–H and O–H groups in total.